The highest BCUT2D eigenvalue weighted by molar-refractivity contribution is 6.03. The van der Waals surface area contributed by atoms with E-state index < -0.39 is 6.04 Å². The van der Waals surface area contributed by atoms with Crippen LogP contribution in [0.15, 0.2) is 65.3 Å². The third-order valence-corrected chi connectivity index (χ3v) is 4.72. The summed E-state index contributed by atoms with van der Waals surface area (Å²) in [5, 5.41) is 6.52. The Bertz CT molecular complexity index is 968. The molecule has 0 aliphatic carbocycles. The molecule has 4 rings (SSSR count). The monoisotopic (exact) mass is 361 g/mol. The van der Waals surface area contributed by atoms with Crippen molar-refractivity contribution < 1.29 is 14.1 Å². The minimum atomic E-state index is -0.613. The molecule has 0 unspecified atom stereocenters. The molecule has 27 heavy (non-hydrogen) atoms. The van der Waals surface area contributed by atoms with E-state index in [2.05, 4.69) is 10.5 Å². The van der Waals surface area contributed by atoms with Crippen LogP contribution in [0.2, 0.25) is 0 Å². The topological polar surface area (TPSA) is 75.4 Å². The Morgan fingerprint density at radius 3 is 2.70 bits per heavy atom. The van der Waals surface area contributed by atoms with Gasteiger partial charge in [0.1, 0.15) is 6.04 Å². The lowest BCUT2D eigenvalue weighted by Gasteiger charge is -2.22. The van der Waals surface area contributed by atoms with Crippen molar-refractivity contribution in [3.8, 4) is 11.3 Å². The molecule has 2 aromatic carbocycles. The van der Waals surface area contributed by atoms with Gasteiger partial charge in [-0.2, -0.15) is 0 Å². The number of hydrogen-bond acceptors (Lipinski definition) is 4. The number of amides is 2. The molecule has 0 saturated carbocycles. The smallest absolute Gasteiger partial charge is 0.251 e. The van der Waals surface area contributed by atoms with Crippen LogP contribution in [-0.4, -0.2) is 29.6 Å². The first kappa shape index (κ1) is 17.0. The Morgan fingerprint density at radius 1 is 1.15 bits per heavy atom. The standard InChI is InChI=1S/C21H19N3O3/c1-14(23-20(25)15-5-3-2-4-6-15)21(26)24-12-10-16-13-17(7-8-18(16)24)19-9-11-22-27-19/h2-9,11,13-14H,10,12H2,1H3,(H,23,25)/t14-/m0/s1. The maximum absolute atomic E-state index is 12.9. The molecule has 0 saturated heterocycles. The van der Waals surface area contributed by atoms with Gasteiger partial charge in [0.15, 0.2) is 5.76 Å². The summed E-state index contributed by atoms with van der Waals surface area (Å²) in [6.45, 7) is 2.31. The lowest BCUT2D eigenvalue weighted by Crippen LogP contribution is -2.46. The molecule has 1 aromatic heterocycles. The number of hydrogen-bond donors (Lipinski definition) is 1. The van der Waals surface area contributed by atoms with Gasteiger partial charge in [-0.15, -0.1) is 0 Å². The Hall–Kier alpha value is -3.41. The minimum Gasteiger partial charge on any atom is -0.356 e. The van der Waals surface area contributed by atoms with Crippen LogP contribution in [-0.2, 0) is 11.2 Å². The lowest BCUT2D eigenvalue weighted by molar-refractivity contribution is -0.119. The van der Waals surface area contributed by atoms with Crippen molar-refractivity contribution in [3.63, 3.8) is 0 Å². The Balaban J connectivity index is 1.48. The molecule has 0 spiro atoms. The van der Waals surface area contributed by atoms with Crippen molar-refractivity contribution in [2.24, 2.45) is 0 Å². The molecular weight excluding hydrogens is 342 g/mol. The van der Waals surface area contributed by atoms with Gasteiger partial charge >= 0.3 is 0 Å². The van der Waals surface area contributed by atoms with Gasteiger partial charge < -0.3 is 14.7 Å². The summed E-state index contributed by atoms with van der Waals surface area (Å²) >= 11 is 0. The van der Waals surface area contributed by atoms with Gasteiger partial charge in [-0.3, -0.25) is 9.59 Å². The zero-order chi connectivity index (χ0) is 18.8. The number of nitrogens with one attached hydrogen (secondary N) is 1. The van der Waals surface area contributed by atoms with E-state index in [9.17, 15) is 9.59 Å². The summed E-state index contributed by atoms with van der Waals surface area (Å²) in [5.74, 6) is 0.327. The normalized spacial score (nSPS) is 13.9. The summed E-state index contributed by atoms with van der Waals surface area (Å²) in [6, 6.07) is 15.9. The summed E-state index contributed by atoms with van der Waals surface area (Å²) in [6.07, 6.45) is 2.37. The predicted octanol–water partition coefficient (Wildman–Crippen LogP) is 3.05. The van der Waals surface area contributed by atoms with Gasteiger partial charge in [-0.05, 0) is 49.2 Å². The molecule has 6 nitrogen and oxygen atoms in total. The molecule has 0 radical (unpaired) electrons. The molecule has 2 amide bonds. The Kier molecular flexibility index (Phi) is 4.46. The highest BCUT2D eigenvalue weighted by Gasteiger charge is 2.29. The summed E-state index contributed by atoms with van der Waals surface area (Å²) in [4.78, 5) is 26.9. The zero-order valence-corrected chi connectivity index (χ0v) is 14.9. The summed E-state index contributed by atoms with van der Waals surface area (Å²) in [7, 11) is 0. The van der Waals surface area contributed by atoms with Crippen LogP contribution >= 0.6 is 0 Å². The fraction of sp³-hybridized carbons (Fsp3) is 0.190. The second-order valence-electron chi connectivity index (χ2n) is 6.52. The van der Waals surface area contributed by atoms with Crippen LogP contribution in [0, 0.1) is 0 Å². The quantitative estimate of drug-likeness (QED) is 0.775. The van der Waals surface area contributed by atoms with Gasteiger partial charge in [0.2, 0.25) is 5.91 Å². The molecule has 3 aromatic rings. The zero-order valence-electron chi connectivity index (χ0n) is 14.9. The average Bonchev–Trinajstić information content (AvgIpc) is 3.37. The number of carbonyl (C=O) groups is 2. The van der Waals surface area contributed by atoms with E-state index >= 15 is 0 Å². The molecule has 2 heterocycles. The van der Waals surface area contributed by atoms with Crippen LogP contribution in [0.3, 0.4) is 0 Å². The van der Waals surface area contributed by atoms with E-state index in [1.807, 2.05) is 24.3 Å². The van der Waals surface area contributed by atoms with Crippen molar-refractivity contribution >= 4 is 17.5 Å². The van der Waals surface area contributed by atoms with Crippen LogP contribution in [0.25, 0.3) is 11.3 Å². The Morgan fingerprint density at radius 2 is 1.96 bits per heavy atom. The van der Waals surface area contributed by atoms with Crippen LogP contribution < -0.4 is 10.2 Å². The van der Waals surface area contributed by atoms with Gasteiger partial charge in [-0.25, -0.2) is 0 Å². The first-order valence-electron chi connectivity index (χ1n) is 8.85. The first-order valence-corrected chi connectivity index (χ1v) is 8.85. The van der Waals surface area contributed by atoms with Crippen molar-refractivity contribution in [3.05, 3.63) is 71.9 Å². The molecule has 1 aliphatic rings. The fourth-order valence-corrected chi connectivity index (χ4v) is 3.31. The van der Waals surface area contributed by atoms with Crippen molar-refractivity contribution in [1.29, 1.82) is 0 Å². The lowest BCUT2D eigenvalue weighted by atomic mass is 10.1. The molecular formula is C21H19N3O3. The van der Waals surface area contributed by atoms with E-state index in [0.717, 1.165) is 23.2 Å². The number of benzene rings is 2. The van der Waals surface area contributed by atoms with Crippen LogP contribution in [0.1, 0.15) is 22.8 Å². The van der Waals surface area contributed by atoms with Gasteiger partial charge in [0.05, 0.1) is 6.20 Å². The highest BCUT2D eigenvalue weighted by atomic mass is 16.5. The van der Waals surface area contributed by atoms with Crippen molar-refractivity contribution in [2.75, 3.05) is 11.4 Å². The maximum atomic E-state index is 12.9. The highest BCUT2D eigenvalue weighted by Crippen LogP contribution is 2.32. The van der Waals surface area contributed by atoms with Crippen LogP contribution in [0.5, 0.6) is 0 Å². The molecule has 6 heteroatoms. The first-order chi connectivity index (χ1) is 13.1. The SMILES string of the molecule is C[C@H](NC(=O)c1ccccc1)C(=O)N1CCc2cc(-c3ccno3)ccc21. The molecule has 136 valence electrons. The number of anilines is 1. The largest absolute Gasteiger partial charge is 0.356 e. The van der Waals surface area contributed by atoms with E-state index in [-0.39, 0.29) is 11.8 Å². The number of carbonyl (C=O) groups excluding carboxylic acids is 2. The number of nitrogens with zero attached hydrogens (tertiary/aromatic N) is 2. The van der Waals surface area contributed by atoms with Crippen LogP contribution in [0.4, 0.5) is 5.69 Å². The molecule has 1 atom stereocenters. The van der Waals surface area contributed by atoms with E-state index in [4.69, 9.17) is 4.52 Å². The second-order valence-corrected chi connectivity index (χ2v) is 6.52. The van der Waals surface area contributed by atoms with E-state index in [0.29, 0.717) is 17.9 Å². The average molecular weight is 361 g/mol. The number of rotatable bonds is 4. The fourth-order valence-electron chi connectivity index (χ4n) is 3.31. The minimum absolute atomic E-state index is 0.120. The summed E-state index contributed by atoms with van der Waals surface area (Å²) in [5.41, 5.74) is 3.43. The van der Waals surface area contributed by atoms with Crippen molar-refractivity contribution in [2.45, 2.75) is 19.4 Å². The second kappa shape index (κ2) is 7.07. The molecule has 1 aliphatic heterocycles. The maximum Gasteiger partial charge on any atom is 0.251 e. The van der Waals surface area contributed by atoms with Crippen molar-refractivity contribution in [1.82, 2.24) is 10.5 Å². The molecule has 0 bridgehead atoms. The molecule has 0 fully saturated rings. The van der Waals surface area contributed by atoms with Gasteiger partial charge in [0, 0.05) is 29.4 Å². The molecule has 1 N–H and O–H groups in total. The third-order valence-electron chi connectivity index (χ3n) is 4.72. The van der Waals surface area contributed by atoms with Gasteiger partial charge in [-0.1, -0.05) is 23.4 Å². The van der Waals surface area contributed by atoms with Gasteiger partial charge in [0.25, 0.3) is 5.91 Å². The third kappa shape index (κ3) is 3.33. The Labute approximate surface area is 156 Å². The predicted molar refractivity (Wildman–Crippen MR) is 101 cm³/mol. The van der Waals surface area contributed by atoms with E-state index in [1.54, 1.807) is 48.4 Å². The summed E-state index contributed by atoms with van der Waals surface area (Å²) < 4.78 is 5.20. The van der Waals surface area contributed by atoms with E-state index in [1.165, 1.54) is 0 Å². The number of aromatic nitrogens is 1. The number of fused-ring (bicyclic) bond motifs is 1.